The zero-order valence-electron chi connectivity index (χ0n) is 14.2. The van der Waals surface area contributed by atoms with Gasteiger partial charge in [0.25, 0.3) is 0 Å². The lowest BCUT2D eigenvalue weighted by molar-refractivity contribution is 0.350. The Bertz CT molecular complexity index is 518. The van der Waals surface area contributed by atoms with Crippen molar-refractivity contribution in [1.29, 1.82) is 0 Å². The summed E-state index contributed by atoms with van der Waals surface area (Å²) in [5.41, 5.74) is 2.92. The number of hydrogen-bond donors (Lipinski definition) is 0. The molecule has 0 saturated heterocycles. The van der Waals surface area contributed by atoms with Crippen LogP contribution in [-0.2, 0) is 6.42 Å². The van der Waals surface area contributed by atoms with Crippen molar-refractivity contribution in [2.75, 3.05) is 20.6 Å². The molecule has 2 rings (SSSR count). The van der Waals surface area contributed by atoms with Crippen LogP contribution in [0.1, 0.15) is 36.8 Å². The Kier molecular flexibility index (Phi) is 6.67. The number of hydrogen-bond acceptors (Lipinski definition) is 1. The first-order chi connectivity index (χ1) is 10.7. The van der Waals surface area contributed by atoms with E-state index in [4.69, 9.17) is 0 Å². The second kappa shape index (κ2) is 8.75. The van der Waals surface area contributed by atoms with Gasteiger partial charge in [-0.15, -0.1) is 0 Å². The van der Waals surface area contributed by atoms with Gasteiger partial charge in [-0.3, -0.25) is 0 Å². The molecule has 0 bridgehead atoms. The second-order valence-electron chi connectivity index (χ2n) is 6.63. The molecular formula is C21H29N. The summed E-state index contributed by atoms with van der Waals surface area (Å²) >= 11 is 0. The molecule has 2 aromatic carbocycles. The molecule has 2 aromatic rings. The number of rotatable bonds is 8. The Hall–Kier alpha value is -1.60. The SMILES string of the molecule is C[C@H](CCCN(C)C)[C@H](Cc1ccccc1)c1ccccc1. The fourth-order valence-corrected chi connectivity index (χ4v) is 3.15. The van der Waals surface area contributed by atoms with Gasteiger partial charge in [-0.05, 0) is 62.9 Å². The van der Waals surface area contributed by atoms with Gasteiger partial charge in [-0.1, -0.05) is 67.6 Å². The predicted molar refractivity (Wildman–Crippen MR) is 96.3 cm³/mol. The minimum absolute atomic E-state index is 0.603. The van der Waals surface area contributed by atoms with Crippen LogP contribution in [0.2, 0.25) is 0 Å². The van der Waals surface area contributed by atoms with Crippen molar-refractivity contribution in [3.63, 3.8) is 0 Å². The van der Waals surface area contributed by atoms with Gasteiger partial charge in [0.1, 0.15) is 0 Å². The monoisotopic (exact) mass is 295 g/mol. The first-order valence-corrected chi connectivity index (χ1v) is 8.40. The van der Waals surface area contributed by atoms with Crippen molar-refractivity contribution in [3.05, 3.63) is 71.8 Å². The van der Waals surface area contributed by atoms with Gasteiger partial charge in [-0.25, -0.2) is 0 Å². The van der Waals surface area contributed by atoms with E-state index in [0.29, 0.717) is 11.8 Å². The standard InChI is InChI=1S/C21H29N/c1-18(11-10-16-22(2)3)21(20-14-8-5-9-15-20)17-19-12-6-4-7-13-19/h4-9,12-15,18,21H,10-11,16-17H2,1-3H3/t18-,21+/m1/s1. The van der Waals surface area contributed by atoms with Crippen LogP contribution in [0.3, 0.4) is 0 Å². The molecule has 1 heteroatoms. The van der Waals surface area contributed by atoms with E-state index < -0.39 is 0 Å². The molecule has 0 amide bonds. The van der Waals surface area contributed by atoms with Gasteiger partial charge < -0.3 is 4.90 Å². The molecule has 0 aliphatic heterocycles. The van der Waals surface area contributed by atoms with Crippen LogP contribution in [0.5, 0.6) is 0 Å². The molecule has 22 heavy (non-hydrogen) atoms. The lowest BCUT2D eigenvalue weighted by Gasteiger charge is -2.25. The average molecular weight is 295 g/mol. The summed E-state index contributed by atoms with van der Waals surface area (Å²) in [6, 6.07) is 21.9. The number of benzene rings is 2. The average Bonchev–Trinajstić information content (AvgIpc) is 2.54. The Morgan fingerprint density at radius 2 is 1.45 bits per heavy atom. The topological polar surface area (TPSA) is 3.24 Å². The zero-order valence-corrected chi connectivity index (χ0v) is 14.2. The molecule has 0 unspecified atom stereocenters. The van der Waals surface area contributed by atoms with E-state index in [1.807, 2.05) is 0 Å². The van der Waals surface area contributed by atoms with E-state index >= 15 is 0 Å². The molecular weight excluding hydrogens is 266 g/mol. The van der Waals surface area contributed by atoms with Crippen LogP contribution in [-0.4, -0.2) is 25.5 Å². The highest BCUT2D eigenvalue weighted by Crippen LogP contribution is 2.31. The van der Waals surface area contributed by atoms with Crippen LogP contribution >= 0.6 is 0 Å². The summed E-state index contributed by atoms with van der Waals surface area (Å²) in [5.74, 6) is 1.30. The Labute approximate surface area is 136 Å². The van der Waals surface area contributed by atoms with Crippen LogP contribution in [0.15, 0.2) is 60.7 Å². The summed E-state index contributed by atoms with van der Waals surface area (Å²) in [5, 5.41) is 0. The summed E-state index contributed by atoms with van der Waals surface area (Å²) in [6.45, 7) is 3.59. The van der Waals surface area contributed by atoms with Crippen LogP contribution < -0.4 is 0 Å². The first kappa shape index (κ1) is 16.8. The van der Waals surface area contributed by atoms with E-state index in [2.05, 4.69) is 86.6 Å². The predicted octanol–water partition coefficient (Wildman–Crippen LogP) is 4.99. The zero-order chi connectivity index (χ0) is 15.8. The summed E-state index contributed by atoms with van der Waals surface area (Å²) < 4.78 is 0. The quantitative estimate of drug-likeness (QED) is 0.663. The molecule has 1 nitrogen and oxygen atoms in total. The summed E-state index contributed by atoms with van der Waals surface area (Å²) in [4.78, 5) is 2.28. The molecule has 118 valence electrons. The van der Waals surface area contributed by atoms with Gasteiger partial charge in [0, 0.05) is 0 Å². The highest BCUT2D eigenvalue weighted by molar-refractivity contribution is 5.24. The largest absolute Gasteiger partial charge is 0.309 e. The van der Waals surface area contributed by atoms with Crippen molar-refractivity contribution in [2.45, 2.75) is 32.1 Å². The van der Waals surface area contributed by atoms with E-state index in [0.717, 1.165) is 6.42 Å². The normalized spacial score (nSPS) is 14.0. The van der Waals surface area contributed by atoms with Crippen LogP contribution in [0.4, 0.5) is 0 Å². The highest BCUT2D eigenvalue weighted by Gasteiger charge is 2.19. The molecule has 2 atom stereocenters. The third-order valence-corrected chi connectivity index (χ3v) is 4.48. The lowest BCUT2D eigenvalue weighted by Crippen LogP contribution is -2.17. The van der Waals surface area contributed by atoms with Crippen LogP contribution in [0, 0.1) is 5.92 Å². The van der Waals surface area contributed by atoms with E-state index in [9.17, 15) is 0 Å². The summed E-state index contributed by atoms with van der Waals surface area (Å²) in [7, 11) is 4.31. The Morgan fingerprint density at radius 1 is 0.864 bits per heavy atom. The Morgan fingerprint density at radius 3 is 2.05 bits per heavy atom. The molecule has 0 radical (unpaired) electrons. The van der Waals surface area contributed by atoms with Gasteiger partial charge in [0.15, 0.2) is 0 Å². The highest BCUT2D eigenvalue weighted by atomic mass is 15.0. The lowest BCUT2D eigenvalue weighted by atomic mass is 9.80. The molecule has 0 saturated carbocycles. The second-order valence-corrected chi connectivity index (χ2v) is 6.63. The van der Waals surface area contributed by atoms with E-state index in [1.165, 1.54) is 30.5 Å². The van der Waals surface area contributed by atoms with Crippen molar-refractivity contribution < 1.29 is 0 Å². The van der Waals surface area contributed by atoms with Crippen molar-refractivity contribution in [1.82, 2.24) is 4.90 Å². The van der Waals surface area contributed by atoms with Gasteiger partial charge in [0.05, 0.1) is 0 Å². The van der Waals surface area contributed by atoms with E-state index in [-0.39, 0.29) is 0 Å². The minimum atomic E-state index is 0.603. The van der Waals surface area contributed by atoms with E-state index in [1.54, 1.807) is 0 Å². The third-order valence-electron chi connectivity index (χ3n) is 4.48. The minimum Gasteiger partial charge on any atom is -0.309 e. The van der Waals surface area contributed by atoms with Crippen LogP contribution in [0.25, 0.3) is 0 Å². The molecule has 0 heterocycles. The maximum atomic E-state index is 2.41. The van der Waals surface area contributed by atoms with Gasteiger partial charge in [-0.2, -0.15) is 0 Å². The molecule has 0 aromatic heterocycles. The fraction of sp³-hybridized carbons (Fsp3) is 0.429. The van der Waals surface area contributed by atoms with Gasteiger partial charge >= 0.3 is 0 Å². The van der Waals surface area contributed by atoms with Crippen molar-refractivity contribution in [3.8, 4) is 0 Å². The third kappa shape index (κ3) is 5.31. The molecule has 0 aliphatic rings. The Balaban J connectivity index is 2.08. The fourth-order valence-electron chi connectivity index (χ4n) is 3.15. The molecule has 0 spiro atoms. The molecule has 0 aliphatic carbocycles. The first-order valence-electron chi connectivity index (χ1n) is 8.40. The van der Waals surface area contributed by atoms with Crippen molar-refractivity contribution >= 4 is 0 Å². The smallest absolute Gasteiger partial charge is 0.00247 e. The molecule has 0 fully saturated rings. The summed E-state index contributed by atoms with van der Waals surface area (Å²) in [6.07, 6.45) is 3.69. The maximum Gasteiger partial charge on any atom is -0.00247 e. The number of nitrogens with zero attached hydrogens (tertiary/aromatic N) is 1. The van der Waals surface area contributed by atoms with Gasteiger partial charge in [0.2, 0.25) is 0 Å². The maximum absolute atomic E-state index is 2.41. The molecule has 0 N–H and O–H groups in total. The van der Waals surface area contributed by atoms with Crippen molar-refractivity contribution in [2.24, 2.45) is 5.92 Å².